The summed E-state index contributed by atoms with van der Waals surface area (Å²) in [5.74, 6) is -0.821. The Kier molecular flexibility index (Phi) is 38.5. The molecule has 0 radical (unpaired) electrons. The van der Waals surface area contributed by atoms with Crippen LogP contribution in [0.3, 0.4) is 0 Å². The number of phosphoric ester groups is 1. The van der Waals surface area contributed by atoms with Crippen molar-refractivity contribution in [3.63, 3.8) is 0 Å². The normalized spacial score (nSPS) is 14.1. The van der Waals surface area contributed by atoms with Gasteiger partial charge in [-0.3, -0.25) is 18.6 Å². The minimum Gasteiger partial charge on any atom is -0.462 e. The average Bonchev–Trinajstić information content (AvgIpc) is 3.17. The number of carbonyl (C=O) groups is 2. The third kappa shape index (κ3) is 43.3. The number of hydrogen-bond donors (Lipinski definition) is 1. The van der Waals surface area contributed by atoms with Gasteiger partial charge < -0.3 is 18.9 Å². The first-order valence-corrected chi connectivity index (χ1v) is 24.5. The number of hydrogen-bond acceptors (Lipinski definition) is 7. The molecule has 0 aromatic heterocycles. The van der Waals surface area contributed by atoms with Gasteiger partial charge in [0, 0.05) is 12.8 Å². The zero-order chi connectivity index (χ0) is 42.8. The lowest BCUT2D eigenvalue weighted by atomic mass is 10.1. The fourth-order valence-corrected chi connectivity index (χ4v) is 6.68. The standard InChI is InChI=1S/C48H86NO8P/c1-6-8-10-12-14-16-18-20-21-22-23-24-25-26-27-29-31-33-35-37-39-41-48(51)57-46(45-56-58(52,53)55-43-42-49(3,4)5)44-54-47(50)40-38-36-34-32-30-28-19-17-15-13-11-9-7-2/h8,10,14,16-17,19-21,23-24,46H,6-7,9,11-13,15,18,22,25-45H2,1-5H3/p+1/b10-8-,16-14-,19-17-,21-20-,24-23-. The number of carbonyl (C=O) groups excluding carboxylic acids is 2. The largest absolute Gasteiger partial charge is 0.472 e. The summed E-state index contributed by atoms with van der Waals surface area (Å²) < 4.78 is 34.3. The molecule has 0 saturated carbocycles. The minimum absolute atomic E-state index is 0.0264. The van der Waals surface area contributed by atoms with E-state index in [1.165, 1.54) is 57.8 Å². The van der Waals surface area contributed by atoms with Crippen molar-refractivity contribution in [3.05, 3.63) is 60.8 Å². The molecule has 0 aliphatic heterocycles. The third-order valence-electron chi connectivity index (χ3n) is 9.53. The highest BCUT2D eigenvalue weighted by Crippen LogP contribution is 2.43. The van der Waals surface area contributed by atoms with E-state index in [1.54, 1.807) is 0 Å². The van der Waals surface area contributed by atoms with Gasteiger partial charge in [0.2, 0.25) is 0 Å². The summed E-state index contributed by atoms with van der Waals surface area (Å²) in [6.07, 6.45) is 48.3. The monoisotopic (exact) mass is 837 g/mol. The summed E-state index contributed by atoms with van der Waals surface area (Å²) >= 11 is 0. The predicted molar refractivity (Wildman–Crippen MR) is 243 cm³/mol. The smallest absolute Gasteiger partial charge is 0.462 e. The van der Waals surface area contributed by atoms with Crippen LogP contribution in [0.5, 0.6) is 0 Å². The number of quaternary nitrogens is 1. The first-order chi connectivity index (χ1) is 28.0. The summed E-state index contributed by atoms with van der Waals surface area (Å²) in [4.78, 5) is 35.4. The molecule has 0 heterocycles. The van der Waals surface area contributed by atoms with Crippen LogP contribution in [0.15, 0.2) is 60.8 Å². The van der Waals surface area contributed by atoms with Gasteiger partial charge in [0.15, 0.2) is 6.10 Å². The zero-order valence-electron chi connectivity index (χ0n) is 37.8. The van der Waals surface area contributed by atoms with Crippen LogP contribution in [-0.4, -0.2) is 74.9 Å². The molecule has 0 aromatic rings. The van der Waals surface area contributed by atoms with Crippen LogP contribution < -0.4 is 0 Å². The molecule has 58 heavy (non-hydrogen) atoms. The van der Waals surface area contributed by atoms with Gasteiger partial charge in [-0.15, -0.1) is 0 Å². The molecule has 0 aromatic carbocycles. The van der Waals surface area contributed by atoms with Gasteiger partial charge in [-0.1, -0.05) is 152 Å². The number of allylic oxidation sites excluding steroid dienone is 10. The highest BCUT2D eigenvalue weighted by Gasteiger charge is 2.27. The average molecular weight is 837 g/mol. The first-order valence-electron chi connectivity index (χ1n) is 23.0. The summed E-state index contributed by atoms with van der Waals surface area (Å²) in [6.45, 7) is 4.27. The molecule has 9 nitrogen and oxygen atoms in total. The van der Waals surface area contributed by atoms with E-state index in [4.69, 9.17) is 18.5 Å². The number of likely N-dealkylation sites (N-methyl/N-ethyl adjacent to an activating group) is 1. The topological polar surface area (TPSA) is 108 Å². The molecule has 0 fully saturated rings. The maximum absolute atomic E-state index is 12.7. The molecule has 0 rings (SSSR count). The van der Waals surface area contributed by atoms with Crippen LogP contribution in [0.1, 0.15) is 181 Å². The van der Waals surface area contributed by atoms with E-state index in [0.717, 1.165) is 89.9 Å². The SMILES string of the molecule is CC/C=C\C/C=C\C/C=C\C/C=C\CCCCCCCCCCC(=O)OC(COC(=O)CCCCCCC/C=C\CCCCCC)COP(=O)(O)OCC[N+](C)(C)C. The fraction of sp³-hybridized carbons (Fsp3) is 0.750. The maximum Gasteiger partial charge on any atom is 0.472 e. The van der Waals surface area contributed by atoms with Gasteiger partial charge in [-0.2, -0.15) is 0 Å². The lowest BCUT2D eigenvalue weighted by Crippen LogP contribution is -2.37. The Morgan fingerprint density at radius 3 is 1.48 bits per heavy atom. The fourth-order valence-electron chi connectivity index (χ4n) is 5.94. The Morgan fingerprint density at radius 2 is 0.983 bits per heavy atom. The second-order valence-corrected chi connectivity index (χ2v) is 17.9. The van der Waals surface area contributed by atoms with Gasteiger partial charge in [0.25, 0.3) is 0 Å². The van der Waals surface area contributed by atoms with Crippen molar-refractivity contribution >= 4 is 19.8 Å². The number of rotatable bonds is 41. The van der Waals surface area contributed by atoms with E-state index in [9.17, 15) is 19.0 Å². The van der Waals surface area contributed by atoms with E-state index >= 15 is 0 Å². The van der Waals surface area contributed by atoms with Crippen molar-refractivity contribution in [1.82, 2.24) is 0 Å². The maximum atomic E-state index is 12.7. The lowest BCUT2D eigenvalue weighted by molar-refractivity contribution is -0.870. The molecule has 0 saturated heterocycles. The van der Waals surface area contributed by atoms with Crippen molar-refractivity contribution in [3.8, 4) is 0 Å². The Labute approximate surface area is 356 Å². The number of phosphoric acid groups is 1. The van der Waals surface area contributed by atoms with E-state index in [1.807, 2.05) is 21.1 Å². The van der Waals surface area contributed by atoms with Crippen molar-refractivity contribution in [2.24, 2.45) is 0 Å². The van der Waals surface area contributed by atoms with Crippen molar-refractivity contribution in [2.45, 2.75) is 187 Å². The van der Waals surface area contributed by atoms with Crippen LogP contribution in [0.25, 0.3) is 0 Å². The number of nitrogens with zero attached hydrogens (tertiary/aromatic N) is 1. The molecule has 2 atom stereocenters. The van der Waals surface area contributed by atoms with Gasteiger partial charge in [-0.25, -0.2) is 4.57 Å². The molecular weight excluding hydrogens is 750 g/mol. The molecule has 0 amide bonds. The Morgan fingerprint density at radius 1 is 0.552 bits per heavy atom. The van der Waals surface area contributed by atoms with E-state index in [2.05, 4.69) is 74.6 Å². The van der Waals surface area contributed by atoms with Crippen LogP contribution in [0.2, 0.25) is 0 Å². The molecule has 1 N–H and O–H groups in total. The van der Waals surface area contributed by atoms with Crippen LogP contribution in [0, 0.1) is 0 Å². The molecule has 0 bridgehead atoms. The number of esters is 2. The third-order valence-corrected chi connectivity index (χ3v) is 10.5. The van der Waals surface area contributed by atoms with Crippen molar-refractivity contribution < 1.29 is 42.1 Å². The van der Waals surface area contributed by atoms with Crippen LogP contribution in [0.4, 0.5) is 0 Å². The van der Waals surface area contributed by atoms with Crippen LogP contribution in [-0.2, 0) is 32.7 Å². The molecule has 0 aliphatic carbocycles. The molecule has 2 unspecified atom stereocenters. The van der Waals surface area contributed by atoms with E-state index in [0.29, 0.717) is 17.4 Å². The van der Waals surface area contributed by atoms with Gasteiger partial charge >= 0.3 is 19.8 Å². The first kappa shape index (κ1) is 55.7. The summed E-state index contributed by atoms with van der Waals surface area (Å²) in [6, 6.07) is 0. The quantitative estimate of drug-likeness (QED) is 0.0213. The molecule has 336 valence electrons. The van der Waals surface area contributed by atoms with Crippen molar-refractivity contribution in [2.75, 3.05) is 47.5 Å². The van der Waals surface area contributed by atoms with Crippen LogP contribution >= 0.6 is 7.82 Å². The Bertz CT molecular complexity index is 1170. The summed E-state index contributed by atoms with van der Waals surface area (Å²) in [5.41, 5.74) is 0. The lowest BCUT2D eigenvalue weighted by Gasteiger charge is -2.24. The second-order valence-electron chi connectivity index (χ2n) is 16.4. The van der Waals surface area contributed by atoms with E-state index in [-0.39, 0.29) is 32.0 Å². The molecular formula is C48H87NO8P+. The second kappa shape index (κ2) is 40.1. The highest BCUT2D eigenvalue weighted by atomic mass is 31.2. The minimum atomic E-state index is -4.38. The molecule has 0 aliphatic rings. The molecule has 10 heteroatoms. The Balaban J connectivity index is 4.33. The summed E-state index contributed by atoms with van der Waals surface area (Å²) in [5, 5.41) is 0. The summed E-state index contributed by atoms with van der Waals surface area (Å²) in [7, 11) is 1.46. The number of unbranched alkanes of at least 4 members (excludes halogenated alkanes) is 17. The predicted octanol–water partition coefficient (Wildman–Crippen LogP) is 13.2. The zero-order valence-corrected chi connectivity index (χ0v) is 38.7. The van der Waals surface area contributed by atoms with E-state index < -0.39 is 26.5 Å². The number of ether oxygens (including phenoxy) is 2. The van der Waals surface area contributed by atoms with Crippen molar-refractivity contribution in [1.29, 1.82) is 0 Å². The van der Waals surface area contributed by atoms with Gasteiger partial charge in [0.05, 0.1) is 27.7 Å². The van der Waals surface area contributed by atoms with Gasteiger partial charge in [0.1, 0.15) is 19.8 Å². The Hall–Kier alpha value is -2.29. The van der Waals surface area contributed by atoms with Gasteiger partial charge in [-0.05, 0) is 77.0 Å². The molecule has 0 spiro atoms. The highest BCUT2D eigenvalue weighted by molar-refractivity contribution is 7.47.